The summed E-state index contributed by atoms with van der Waals surface area (Å²) in [7, 11) is 0. The van der Waals surface area contributed by atoms with Crippen molar-refractivity contribution in [1.29, 1.82) is 0 Å². The number of rotatable bonds is 5. The van der Waals surface area contributed by atoms with E-state index in [0.717, 1.165) is 49.7 Å². The van der Waals surface area contributed by atoms with Gasteiger partial charge in [-0.05, 0) is 32.6 Å². The standard InChI is InChI=1S/C20H30N4O2/c1-12(2)7-18(25)22-9-15-16-10-24(11-20(16)6-5-17(15)26-20)19-14(4)21-8-13(3)23-19/h8,12,15-17H,5-7,9-11H2,1-4H3,(H,22,25)/t15-,16+,17+,20+/m0/s1. The van der Waals surface area contributed by atoms with Crippen molar-refractivity contribution in [3.05, 3.63) is 17.6 Å². The number of aryl methyl sites for hydroxylation is 2. The van der Waals surface area contributed by atoms with Gasteiger partial charge in [0.1, 0.15) is 5.82 Å². The molecule has 4 atom stereocenters. The largest absolute Gasteiger partial charge is 0.369 e. The quantitative estimate of drug-likeness (QED) is 0.874. The van der Waals surface area contributed by atoms with Gasteiger partial charge in [-0.1, -0.05) is 13.8 Å². The first-order valence-electron chi connectivity index (χ1n) is 9.87. The Labute approximate surface area is 155 Å². The number of carbonyl (C=O) groups is 1. The Bertz CT molecular complexity index is 707. The minimum Gasteiger partial charge on any atom is -0.369 e. The molecule has 1 N–H and O–H groups in total. The normalized spacial score (nSPS) is 32.3. The molecule has 3 aliphatic rings. The van der Waals surface area contributed by atoms with Gasteiger partial charge in [0, 0.05) is 44.1 Å². The van der Waals surface area contributed by atoms with Gasteiger partial charge >= 0.3 is 0 Å². The summed E-state index contributed by atoms with van der Waals surface area (Å²) >= 11 is 0. The van der Waals surface area contributed by atoms with Crippen molar-refractivity contribution in [2.75, 3.05) is 24.5 Å². The number of hydrogen-bond acceptors (Lipinski definition) is 5. The number of nitrogens with one attached hydrogen (secondary N) is 1. The van der Waals surface area contributed by atoms with Crippen molar-refractivity contribution in [3.8, 4) is 0 Å². The van der Waals surface area contributed by atoms with E-state index in [2.05, 4.69) is 29.0 Å². The molecule has 0 aromatic carbocycles. The maximum atomic E-state index is 12.1. The number of hydrogen-bond donors (Lipinski definition) is 1. The van der Waals surface area contributed by atoms with E-state index >= 15 is 0 Å². The summed E-state index contributed by atoms with van der Waals surface area (Å²) in [5.41, 5.74) is 1.86. The zero-order valence-corrected chi connectivity index (χ0v) is 16.3. The molecule has 0 aliphatic carbocycles. The van der Waals surface area contributed by atoms with Crippen molar-refractivity contribution in [1.82, 2.24) is 15.3 Å². The lowest BCUT2D eigenvalue weighted by molar-refractivity contribution is -0.122. The molecule has 0 saturated carbocycles. The Morgan fingerprint density at radius 3 is 3.04 bits per heavy atom. The van der Waals surface area contributed by atoms with Gasteiger partial charge in [0.05, 0.1) is 23.1 Å². The van der Waals surface area contributed by atoms with Gasteiger partial charge in [-0.2, -0.15) is 0 Å². The van der Waals surface area contributed by atoms with Crippen LogP contribution in [0.1, 0.15) is 44.5 Å². The second-order valence-corrected chi connectivity index (χ2v) is 8.73. The highest BCUT2D eigenvalue weighted by Crippen LogP contribution is 2.55. The zero-order chi connectivity index (χ0) is 18.5. The van der Waals surface area contributed by atoms with Crippen LogP contribution in [-0.4, -0.2) is 47.2 Å². The minimum atomic E-state index is -0.0595. The van der Waals surface area contributed by atoms with Crippen molar-refractivity contribution in [3.63, 3.8) is 0 Å². The number of ether oxygens (including phenoxy) is 1. The predicted molar refractivity (Wildman–Crippen MR) is 100 cm³/mol. The Kier molecular flexibility index (Phi) is 4.41. The van der Waals surface area contributed by atoms with Crippen LogP contribution in [0.2, 0.25) is 0 Å². The van der Waals surface area contributed by atoms with E-state index < -0.39 is 0 Å². The van der Waals surface area contributed by atoms with Crippen LogP contribution in [-0.2, 0) is 9.53 Å². The molecule has 0 radical (unpaired) electrons. The molecule has 6 heteroatoms. The van der Waals surface area contributed by atoms with E-state index in [1.807, 2.05) is 20.0 Å². The number of anilines is 1. The van der Waals surface area contributed by atoms with Gasteiger partial charge in [-0.25, -0.2) is 4.98 Å². The highest BCUT2D eigenvalue weighted by molar-refractivity contribution is 5.76. The van der Waals surface area contributed by atoms with Crippen LogP contribution in [0, 0.1) is 31.6 Å². The summed E-state index contributed by atoms with van der Waals surface area (Å²) in [6.07, 6.45) is 4.94. The lowest BCUT2D eigenvalue weighted by atomic mass is 9.73. The van der Waals surface area contributed by atoms with Crippen LogP contribution in [0.25, 0.3) is 0 Å². The van der Waals surface area contributed by atoms with E-state index in [1.54, 1.807) is 0 Å². The van der Waals surface area contributed by atoms with Crippen molar-refractivity contribution >= 4 is 11.7 Å². The molecule has 3 fully saturated rings. The fourth-order valence-electron chi connectivity index (χ4n) is 5.12. The number of amides is 1. The van der Waals surface area contributed by atoms with Crippen LogP contribution in [0.5, 0.6) is 0 Å². The highest BCUT2D eigenvalue weighted by Gasteiger charge is 2.63. The lowest BCUT2D eigenvalue weighted by Gasteiger charge is -2.29. The Hall–Kier alpha value is -1.69. The molecule has 0 unspecified atom stereocenters. The average molecular weight is 358 g/mol. The first kappa shape index (κ1) is 17.7. The first-order chi connectivity index (χ1) is 12.4. The van der Waals surface area contributed by atoms with Crippen LogP contribution in [0.4, 0.5) is 5.82 Å². The van der Waals surface area contributed by atoms with Crippen LogP contribution < -0.4 is 10.2 Å². The number of carbonyl (C=O) groups excluding carboxylic acids is 1. The molecule has 1 aromatic heterocycles. The van der Waals surface area contributed by atoms with Crippen molar-refractivity contribution in [2.45, 2.75) is 58.7 Å². The molecular formula is C20H30N4O2. The molecule has 4 heterocycles. The molecule has 1 aromatic rings. The van der Waals surface area contributed by atoms with E-state index in [0.29, 0.717) is 30.3 Å². The molecule has 142 valence electrons. The highest BCUT2D eigenvalue weighted by atomic mass is 16.5. The van der Waals surface area contributed by atoms with Gasteiger partial charge < -0.3 is 15.0 Å². The van der Waals surface area contributed by atoms with E-state index in [4.69, 9.17) is 9.72 Å². The Balaban J connectivity index is 1.48. The fraction of sp³-hybridized carbons (Fsp3) is 0.750. The second-order valence-electron chi connectivity index (χ2n) is 8.73. The molecule has 3 aliphatic heterocycles. The molecule has 1 spiro atoms. The zero-order valence-electron chi connectivity index (χ0n) is 16.3. The average Bonchev–Trinajstić information content (AvgIpc) is 3.22. The third-order valence-electron chi connectivity index (χ3n) is 6.26. The maximum Gasteiger partial charge on any atom is 0.220 e. The molecule has 6 nitrogen and oxygen atoms in total. The van der Waals surface area contributed by atoms with E-state index in [9.17, 15) is 4.79 Å². The first-order valence-corrected chi connectivity index (χ1v) is 9.87. The topological polar surface area (TPSA) is 67.4 Å². The third-order valence-corrected chi connectivity index (χ3v) is 6.26. The third kappa shape index (κ3) is 2.98. The Morgan fingerprint density at radius 1 is 1.46 bits per heavy atom. The van der Waals surface area contributed by atoms with Crippen molar-refractivity contribution < 1.29 is 9.53 Å². The second kappa shape index (κ2) is 6.48. The monoisotopic (exact) mass is 358 g/mol. The van der Waals surface area contributed by atoms with E-state index in [1.165, 1.54) is 0 Å². The summed E-state index contributed by atoms with van der Waals surface area (Å²) in [5, 5.41) is 3.16. The van der Waals surface area contributed by atoms with E-state index in [-0.39, 0.29) is 11.5 Å². The van der Waals surface area contributed by atoms with Crippen LogP contribution >= 0.6 is 0 Å². The van der Waals surface area contributed by atoms with Gasteiger partial charge in [-0.15, -0.1) is 0 Å². The lowest BCUT2D eigenvalue weighted by Crippen LogP contribution is -2.42. The molecule has 4 rings (SSSR count). The van der Waals surface area contributed by atoms with Gasteiger partial charge in [0.15, 0.2) is 0 Å². The predicted octanol–water partition coefficient (Wildman–Crippen LogP) is 2.24. The Morgan fingerprint density at radius 2 is 2.27 bits per heavy atom. The van der Waals surface area contributed by atoms with Crippen LogP contribution in [0.15, 0.2) is 6.20 Å². The molecule has 26 heavy (non-hydrogen) atoms. The number of nitrogens with zero attached hydrogens (tertiary/aromatic N) is 3. The molecular weight excluding hydrogens is 328 g/mol. The molecule has 2 bridgehead atoms. The summed E-state index contributed by atoms with van der Waals surface area (Å²) < 4.78 is 6.49. The summed E-state index contributed by atoms with van der Waals surface area (Å²) in [4.78, 5) is 23.7. The molecule has 1 amide bonds. The fourth-order valence-corrected chi connectivity index (χ4v) is 5.12. The number of fused-ring (bicyclic) bond motifs is 1. The summed E-state index contributed by atoms with van der Waals surface area (Å²) in [5.74, 6) is 2.41. The molecule has 3 saturated heterocycles. The van der Waals surface area contributed by atoms with Gasteiger partial charge in [0.2, 0.25) is 5.91 Å². The van der Waals surface area contributed by atoms with Gasteiger partial charge in [0.25, 0.3) is 0 Å². The van der Waals surface area contributed by atoms with Crippen molar-refractivity contribution in [2.24, 2.45) is 17.8 Å². The summed E-state index contributed by atoms with van der Waals surface area (Å²) in [6.45, 7) is 10.7. The van der Waals surface area contributed by atoms with Gasteiger partial charge in [-0.3, -0.25) is 9.78 Å². The number of aromatic nitrogens is 2. The smallest absolute Gasteiger partial charge is 0.220 e. The SMILES string of the molecule is Cc1cnc(C)c(N2C[C@@H]3[C@H](CNC(=O)CC(C)C)[C@H]4CC[C@]3(C2)O4)n1. The summed E-state index contributed by atoms with van der Waals surface area (Å²) in [6, 6.07) is 0. The van der Waals surface area contributed by atoms with Crippen LogP contribution in [0.3, 0.4) is 0 Å². The maximum absolute atomic E-state index is 12.1. The minimum absolute atomic E-state index is 0.0595.